The van der Waals surface area contributed by atoms with Crippen LogP contribution in [0.3, 0.4) is 0 Å². The van der Waals surface area contributed by atoms with Crippen LogP contribution >= 0.6 is 0 Å². The zero-order valence-electron chi connectivity index (χ0n) is 12.0. The van der Waals surface area contributed by atoms with E-state index in [2.05, 4.69) is 24.2 Å². The van der Waals surface area contributed by atoms with Crippen LogP contribution in [0.4, 0.5) is 4.39 Å². The molecule has 1 saturated heterocycles. The lowest BCUT2D eigenvalue weighted by Gasteiger charge is -2.35. The van der Waals surface area contributed by atoms with Gasteiger partial charge >= 0.3 is 0 Å². The number of nitrogens with zero attached hydrogens (tertiary/aromatic N) is 1. The number of nitrogens with one attached hydrogen (secondary N) is 1. The highest BCUT2D eigenvalue weighted by molar-refractivity contribution is 5.93. The number of benzene rings is 1. The molecule has 20 heavy (non-hydrogen) atoms. The van der Waals surface area contributed by atoms with Gasteiger partial charge in [0, 0.05) is 24.2 Å². The van der Waals surface area contributed by atoms with Gasteiger partial charge in [-0.25, -0.2) is 10.2 Å². The fraction of sp³-hybridized carbons (Fsp3) is 0.533. The van der Waals surface area contributed by atoms with Crippen molar-refractivity contribution in [3.05, 3.63) is 35.1 Å². The van der Waals surface area contributed by atoms with Gasteiger partial charge in [0.1, 0.15) is 5.82 Å². The van der Waals surface area contributed by atoms with E-state index in [1.165, 1.54) is 12.1 Å². The van der Waals surface area contributed by atoms with Crippen molar-refractivity contribution in [2.75, 3.05) is 13.1 Å². The largest absolute Gasteiger partial charge is 0.299 e. The molecule has 1 aliphatic heterocycles. The summed E-state index contributed by atoms with van der Waals surface area (Å²) in [5.41, 5.74) is 3.01. The number of carbonyl (C=O) groups excluding carboxylic acids is 1. The molecule has 0 bridgehead atoms. The zero-order chi connectivity index (χ0) is 14.7. The summed E-state index contributed by atoms with van der Waals surface area (Å²) < 4.78 is 13.9. The number of nitrogens with two attached hydrogens (primary N) is 1. The molecule has 1 aromatic carbocycles. The maximum absolute atomic E-state index is 13.9. The van der Waals surface area contributed by atoms with Gasteiger partial charge in [-0.1, -0.05) is 13.8 Å². The molecule has 0 aromatic heterocycles. The Morgan fingerprint density at radius 3 is 2.85 bits per heavy atom. The summed E-state index contributed by atoms with van der Waals surface area (Å²) in [6.45, 7) is 6.96. The number of halogens is 1. The van der Waals surface area contributed by atoms with Crippen LogP contribution in [0.2, 0.25) is 0 Å². The Bertz CT molecular complexity index is 492. The number of carbonyl (C=O) groups is 1. The first kappa shape index (κ1) is 14.9. The summed E-state index contributed by atoms with van der Waals surface area (Å²) in [5.74, 6) is 5.76. The summed E-state index contributed by atoms with van der Waals surface area (Å²) in [5, 5.41) is 0. The van der Waals surface area contributed by atoms with Crippen LogP contribution in [0.5, 0.6) is 0 Å². The van der Waals surface area contributed by atoms with E-state index >= 15 is 0 Å². The first-order valence-corrected chi connectivity index (χ1v) is 7.03. The third-order valence-electron chi connectivity index (χ3n) is 4.25. The summed E-state index contributed by atoms with van der Waals surface area (Å²) in [4.78, 5) is 13.7. The predicted octanol–water partition coefficient (Wildman–Crippen LogP) is 1.91. The minimum Gasteiger partial charge on any atom is -0.299 e. The summed E-state index contributed by atoms with van der Waals surface area (Å²) in [6, 6.07) is 4.36. The topological polar surface area (TPSA) is 58.4 Å². The SMILES string of the molecule is CC1CCN(Cc2cc(C(=O)NN)ccc2F)CC1C. The lowest BCUT2D eigenvalue weighted by Crippen LogP contribution is -2.38. The van der Waals surface area contributed by atoms with Crippen LogP contribution in [0.1, 0.15) is 36.2 Å². The van der Waals surface area contributed by atoms with Crippen LogP contribution in [0.25, 0.3) is 0 Å². The Morgan fingerprint density at radius 2 is 2.20 bits per heavy atom. The lowest BCUT2D eigenvalue weighted by molar-refractivity contribution is 0.0953. The van der Waals surface area contributed by atoms with Crippen LogP contribution < -0.4 is 11.3 Å². The van der Waals surface area contributed by atoms with Crippen molar-refractivity contribution in [1.82, 2.24) is 10.3 Å². The molecule has 110 valence electrons. The Balaban J connectivity index is 2.10. The highest BCUT2D eigenvalue weighted by Gasteiger charge is 2.23. The molecule has 1 amide bonds. The van der Waals surface area contributed by atoms with Crippen molar-refractivity contribution in [2.24, 2.45) is 17.7 Å². The zero-order valence-corrected chi connectivity index (χ0v) is 12.0. The number of hydrogen-bond acceptors (Lipinski definition) is 3. The number of nitrogen functional groups attached to an aromatic ring is 1. The van der Waals surface area contributed by atoms with Gasteiger partial charge in [-0.05, 0) is 43.0 Å². The second kappa shape index (κ2) is 6.33. The molecular formula is C15H22FN3O. The third kappa shape index (κ3) is 3.35. The first-order valence-electron chi connectivity index (χ1n) is 7.03. The minimum absolute atomic E-state index is 0.273. The van der Waals surface area contributed by atoms with Gasteiger partial charge in [-0.15, -0.1) is 0 Å². The quantitative estimate of drug-likeness (QED) is 0.505. The molecule has 0 radical (unpaired) electrons. The van der Waals surface area contributed by atoms with E-state index in [0.717, 1.165) is 19.5 Å². The van der Waals surface area contributed by atoms with Gasteiger partial charge in [0.05, 0.1) is 0 Å². The molecule has 2 unspecified atom stereocenters. The van der Waals surface area contributed by atoms with Gasteiger partial charge < -0.3 is 0 Å². The van der Waals surface area contributed by atoms with Crippen molar-refractivity contribution >= 4 is 5.91 Å². The summed E-state index contributed by atoms with van der Waals surface area (Å²) >= 11 is 0. The Labute approximate surface area is 119 Å². The van der Waals surface area contributed by atoms with Gasteiger partial charge in [0.25, 0.3) is 5.91 Å². The fourth-order valence-electron chi connectivity index (χ4n) is 2.65. The molecule has 5 heteroatoms. The number of hydrazine groups is 1. The smallest absolute Gasteiger partial charge is 0.265 e. The van der Waals surface area contributed by atoms with E-state index in [-0.39, 0.29) is 5.82 Å². The van der Waals surface area contributed by atoms with Gasteiger partial charge in [-0.3, -0.25) is 15.1 Å². The van der Waals surface area contributed by atoms with Gasteiger partial charge in [-0.2, -0.15) is 0 Å². The molecular weight excluding hydrogens is 257 g/mol. The number of rotatable bonds is 3. The molecule has 1 fully saturated rings. The Morgan fingerprint density at radius 1 is 1.45 bits per heavy atom. The maximum atomic E-state index is 13.9. The fourth-order valence-corrected chi connectivity index (χ4v) is 2.65. The molecule has 2 atom stereocenters. The molecule has 4 nitrogen and oxygen atoms in total. The van der Waals surface area contributed by atoms with E-state index in [1.54, 1.807) is 6.07 Å². The molecule has 0 aliphatic carbocycles. The molecule has 1 aliphatic rings. The van der Waals surface area contributed by atoms with E-state index in [4.69, 9.17) is 5.84 Å². The number of amides is 1. The monoisotopic (exact) mass is 279 g/mol. The predicted molar refractivity (Wildman–Crippen MR) is 76.3 cm³/mol. The highest BCUT2D eigenvalue weighted by atomic mass is 19.1. The number of piperidine rings is 1. The maximum Gasteiger partial charge on any atom is 0.265 e. The second-order valence-corrected chi connectivity index (χ2v) is 5.76. The number of hydrogen-bond donors (Lipinski definition) is 2. The van der Waals surface area contributed by atoms with Crippen molar-refractivity contribution in [3.8, 4) is 0 Å². The van der Waals surface area contributed by atoms with Crippen molar-refractivity contribution < 1.29 is 9.18 Å². The molecule has 2 rings (SSSR count). The van der Waals surface area contributed by atoms with Crippen LogP contribution in [-0.2, 0) is 6.54 Å². The molecule has 1 heterocycles. The molecule has 3 N–H and O–H groups in total. The normalized spacial score (nSPS) is 23.6. The second-order valence-electron chi connectivity index (χ2n) is 5.76. The van der Waals surface area contributed by atoms with Crippen molar-refractivity contribution in [1.29, 1.82) is 0 Å². The molecule has 0 spiro atoms. The lowest BCUT2D eigenvalue weighted by atomic mass is 9.88. The molecule has 0 saturated carbocycles. The van der Waals surface area contributed by atoms with E-state index in [9.17, 15) is 9.18 Å². The van der Waals surface area contributed by atoms with Crippen molar-refractivity contribution in [2.45, 2.75) is 26.8 Å². The summed E-state index contributed by atoms with van der Waals surface area (Å²) in [7, 11) is 0. The van der Waals surface area contributed by atoms with Gasteiger partial charge in [0.2, 0.25) is 0 Å². The van der Waals surface area contributed by atoms with Gasteiger partial charge in [0.15, 0.2) is 0 Å². The average molecular weight is 279 g/mol. The van der Waals surface area contributed by atoms with E-state index in [0.29, 0.717) is 29.5 Å². The Hall–Kier alpha value is -1.46. The highest BCUT2D eigenvalue weighted by Crippen LogP contribution is 2.24. The van der Waals surface area contributed by atoms with Crippen molar-refractivity contribution in [3.63, 3.8) is 0 Å². The Kier molecular flexibility index (Phi) is 4.73. The molecule has 1 aromatic rings. The minimum atomic E-state index is -0.396. The first-order chi connectivity index (χ1) is 9.51. The third-order valence-corrected chi connectivity index (χ3v) is 4.25. The standard InChI is InChI=1S/C15H22FN3O/c1-10-5-6-19(8-11(10)2)9-13-7-12(15(20)18-17)3-4-14(13)16/h3-4,7,10-11H,5-6,8-9,17H2,1-2H3,(H,18,20). The van der Waals surface area contributed by atoms with E-state index in [1.807, 2.05) is 0 Å². The van der Waals surface area contributed by atoms with Crippen LogP contribution in [0, 0.1) is 17.7 Å². The average Bonchev–Trinajstić information content (AvgIpc) is 2.44. The number of likely N-dealkylation sites (tertiary alicyclic amines) is 1. The van der Waals surface area contributed by atoms with Crippen LogP contribution in [0.15, 0.2) is 18.2 Å². The van der Waals surface area contributed by atoms with E-state index < -0.39 is 5.91 Å². The summed E-state index contributed by atoms with van der Waals surface area (Å²) in [6.07, 6.45) is 1.13. The van der Waals surface area contributed by atoms with Crippen LogP contribution in [-0.4, -0.2) is 23.9 Å².